The minimum Gasteiger partial charge on any atom is -0.460 e. The van der Waals surface area contributed by atoms with E-state index >= 15 is 0 Å². The minimum absolute atomic E-state index is 0.591. The van der Waals surface area contributed by atoms with E-state index in [1.54, 1.807) is 41.5 Å². The number of hydrogen-bond donors (Lipinski definition) is 0. The monoisotopic (exact) mass is 244 g/mol. The summed E-state index contributed by atoms with van der Waals surface area (Å²) < 4.78 is 9.76. The zero-order valence-electron chi connectivity index (χ0n) is 11.2. The molecule has 0 radical (unpaired) electrons. The zero-order chi connectivity index (χ0) is 13.9. The minimum atomic E-state index is -1.01. The fourth-order valence-corrected chi connectivity index (χ4v) is 0.916. The second-order valence-electron chi connectivity index (χ2n) is 5.69. The van der Waals surface area contributed by atoms with Gasteiger partial charge in [-0.05, 0) is 41.5 Å². The normalized spacial score (nSPS) is 11.9. The molecule has 0 aliphatic rings. The standard InChI is InChI=1S/C12H20O5/c1-11(2,3)16-9(14)7-8(13)10(15)17-12(4,5)6/h7H2,1-6H3. The molecule has 0 saturated carbocycles. The molecule has 0 rings (SSSR count). The molecule has 0 unspecified atom stereocenters. The van der Waals surface area contributed by atoms with Gasteiger partial charge < -0.3 is 9.47 Å². The summed E-state index contributed by atoms with van der Waals surface area (Å²) in [6.45, 7) is 9.98. The fraction of sp³-hybridized carbons (Fsp3) is 0.750. The molecule has 98 valence electrons. The molecule has 0 spiro atoms. The first-order valence-electron chi connectivity index (χ1n) is 5.39. The van der Waals surface area contributed by atoms with Gasteiger partial charge in [0, 0.05) is 0 Å². The fourth-order valence-electron chi connectivity index (χ4n) is 0.916. The van der Waals surface area contributed by atoms with E-state index in [-0.39, 0.29) is 0 Å². The van der Waals surface area contributed by atoms with Crippen LogP contribution in [0.1, 0.15) is 48.0 Å². The summed E-state index contributed by atoms with van der Waals surface area (Å²) in [5.41, 5.74) is -1.42. The van der Waals surface area contributed by atoms with Crippen molar-refractivity contribution in [2.75, 3.05) is 0 Å². The Morgan fingerprint density at radius 1 is 0.824 bits per heavy atom. The summed E-state index contributed by atoms with van der Waals surface area (Å²) >= 11 is 0. The summed E-state index contributed by atoms with van der Waals surface area (Å²) in [5, 5.41) is 0. The van der Waals surface area contributed by atoms with E-state index in [2.05, 4.69) is 0 Å². The maximum atomic E-state index is 11.3. The van der Waals surface area contributed by atoms with E-state index in [0.717, 1.165) is 0 Å². The van der Waals surface area contributed by atoms with Crippen LogP contribution in [0.3, 0.4) is 0 Å². The molecule has 0 N–H and O–H groups in total. The summed E-state index contributed by atoms with van der Waals surface area (Å²) in [6.07, 6.45) is -0.591. The molecule has 5 heteroatoms. The molecule has 0 saturated heterocycles. The Balaban J connectivity index is 4.28. The Morgan fingerprint density at radius 3 is 1.59 bits per heavy atom. The predicted octanol–water partition coefficient (Wildman–Crippen LogP) is 1.63. The number of rotatable bonds is 3. The van der Waals surface area contributed by atoms with Crippen LogP contribution in [0, 0.1) is 0 Å². The largest absolute Gasteiger partial charge is 0.460 e. The lowest BCUT2D eigenvalue weighted by atomic mass is 10.2. The van der Waals surface area contributed by atoms with Crippen molar-refractivity contribution in [1.82, 2.24) is 0 Å². The van der Waals surface area contributed by atoms with Crippen LogP contribution in [0.2, 0.25) is 0 Å². The number of carbonyl (C=O) groups excluding carboxylic acids is 3. The van der Waals surface area contributed by atoms with Crippen molar-refractivity contribution < 1.29 is 23.9 Å². The van der Waals surface area contributed by atoms with Crippen LogP contribution < -0.4 is 0 Å². The number of ketones is 1. The van der Waals surface area contributed by atoms with Gasteiger partial charge in [0.05, 0.1) is 0 Å². The number of hydrogen-bond acceptors (Lipinski definition) is 5. The molecular formula is C12H20O5. The number of carbonyl (C=O) groups is 3. The van der Waals surface area contributed by atoms with Gasteiger partial charge in [0.1, 0.15) is 17.6 Å². The van der Waals surface area contributed by atoms with Gasteiger partial charge in [-0.15, -0.1) is 0 Å². The van der Waals surface area contributed by atoms with Gasteiger partial charge in [0.15, 0.2) is 0 Å². The van der Waals surface area contributed by atoms with E-state index in [4.69, 9.17) is 9.47 Å². The summed E-state index contributed by atoms with van der Waals surface area (Å²) in [5.74, 6) is -2.63. The van der Waals surface area contributed by atoms with Crippen LogP contribution in [0.15, 0.2) is 0 Å². The van der Waals surface area contributed by atoms with Crippen LogP contribution >= 0.6 is 0 Å². The molecule has 0 bridgehead atoms. The molecule has 0 atom stereocenters. The van der Waals surface area contributed by atoms with Crippen LogP contribution in [0.5, 0.6) is 0 Å². The van der Waals surface area contributed by atoms with Crippen molar-refractivity contribution in [2.24, 2.45) is 0 Å². The first-order chi connectivity index (χ1) is 7.41. The second kappa shape index (κ2) is 5.29. The highest BCUT2D eigenvalue weighted by Gasteiger charge is 2.26. The summed E-state index contributed by atoms with van der Waals surface area (Å²) in [6, 6.07) is 0. The van der Waals surface area contributed by atoms with Crippen molar-refractivity contribution in [3.05, 3.63) is 0 Å². The first kappa shape index (κ1) is 15.6. The quantitative estimate of drug-likeness (QED) is 0.428. The van der Waals surface area contributed by atoms with Gasteiger partial charge >= 0.3 is 11.9 Å². The van der Waals surface area contributed by atoms with Crippen LogP contribution in [-0.4, -0.2) is 28.9 Å². The van der Waals surface area contributed by atoms with Gasteiger partial charge in [-0.1, -0.05) is 0 Å². The van der Waals surface area contributed by atoms with Gasteiger partial charge in [-0.2, -0.15) is 0 Å². The SMILES string of the molecule is CC(C)(C)OC(=O)CC(=O)C(=O)OC(C)(C)C. The van der Waals surface area contributed by atoms with Gasteiger partial charge in [0.2, 0.25) is 0 Å². The van der Waals surface area contributed by atoms with E-state index in [1.807, 2.05) is 0 Å². The molecule has 0 heterocycles. The van der Waals surface area contributed by atoms with Crippen molar-refractivity contribution in [2.45, 2.75) is 59.2 Å². The highest BCUT2D eigenvalue weighted by Crippen LogP contribution is 2.10. The molecule has 0 amide bonds. The smallest absolute Gasteiger partial charge is 0.375 e. The van der Waals surface area contributed by atoms with E-state index in [1.165, 1.54) is 0 Å². The average molecular weight is 244 g/mol. The molecular weight excluding hydrogens is 224 g/mol. The molecule has 0 aromatic heterocycles. The molecule has 5 nitrogen and oxygen atoms in total. The van der Waals surface area contributed by atoms with E-state index < -0.39 is 35.3 Å². The predicted molar refractivity (Wildman–Crippen MR) is 61.3 cm³/mol. The second-order valence-corrected chi connectivity index (χ2v) is 5.69. The van der Waals surface area contributed by atoms with Crippen molar-refractivity contribution >= 4 is 17.7 Å². The summed E-state index contributed by atoms with van der Waals surface area (Å²) in [7, 11) is 0. The zero-order valence-corrected chi connectivity index (χ0v) is 11.2. The molecule has 0 fully saturated rings. The Morgan fingerprint density at radius 2 is 1.24 bits per heavy atom. The molecule has 0 aliphatic carbocycles. The molecule has 0 aromatic rings. The van der Waals surface area contributed by atoms with Crippen molar-refractivity contribution in [1.29, 1.82) is 0 Å². The van der Waals surface area contributed by atoms with Crippen LogP contribution in [-0.2, 0) is 23.9 Å². The van der Waals surface area contributed by atoms with E-state index in [0.29, 0.717) is 0 Å². The lowest BCUT2D eigenvalue weighted by Crippen LogP contribution is -2.32. The highest BCUT2D eigenvalue weighted by atomic mass is 16.6. The van der Waals surface area contributed by atoms with Crippen molar-refractivity contribution in [3.8, 4) is 0 Å². The van der Waals surface area contributed by atoms with Gasteiger partial charge in [0.25, 0.3) is 5.78 Å². The topological polar surface area (TPSA) is 69.7 Å². The van der Waals surface area contributed by atoms with Gasteiger partial charge in [-0.3, -0.25) is 9.59 Å². The summed E-state index contributed by atoms with van der Waals surface area (Å²) in [4.78, 5) is 33.9. The third kappa shape index (κ3) is 8.42. The lowest BCUT2D eigenvalue weighted by Gasteiger charge is -2.20. The maximum absolute atomic E-state index is 11.3. The number of Topliss-reactive ketones (excluding diaryl/α,β-unsaturated/α-hetero) is 1. The van der Waals surface area contributed by atoms with Crippen molar-refractivity contribution in [3.63, 3.8) is 0 Å². The van der Waals surface area contributed by atoms with Crippen LogP contribution in [0.25, 0.3) is 0 Å². The first-order valence-corrected chi connectivity index (χ1v) is 5.39. The number of esters is 2. The Hall–Kier alpha value is -1.39. The Kier molecular flexibility index (Phi) is 4.86. The molecule has 17 heavy (non-hydrogen) atoms. The maximum Gasteiger partial charge on any atom is 0.375 e. The average Bonchev–Trinajstić information content (AvgIpc) is 1.95. The lowest BCUT2D eigenvalue weighted by molar-refractivity contribution is -0.167. The van der Waals surface area contributed by atoms with E-state index in [9.17, 15) is 14.4 Å². The Bertz CT molecular complexity index is 317. The molecule has 0 aromatic carbocycles. The third-order valence-electron chi connectivity index (χ3n) is 1.35. The van der Waals surface area contributed by atoms with Crippen LogP contribution in [0.4, 0.5) is 0 Å². The molecule has 0 aliphatic heterocycles. The highest BCUT2D eigenvalue weighted by molar-refractivity contribution is 6.36. The number of ether oxygens (including phenoxy) is 2. The third-order valence-corrected chi connectivity index (χ3v) is 1.35. The van der Waals surface area contributed by atoms with Gasteiger partial charge in [-0.25, -0.2) is 4.79 Å². The Labute approximate surface area is 101 Å².